The van der Waals surface area contributed by atoms with Crippen LogP contribution in [0.3, 0.4) is 0 Å². The zero-order valence-corrected chi connectivity index (χ0v) is 16.6. The largest absolute Gasteiger partial charge is 0.465 e. The number of fused-ring (bicyclic) bond motifs is 1. The lowest BCUT2D eigenvalue weighted by atomic mass is 9.95. The van der Waals surface area contributed by atoms with Crippen LogP contribution in [0.25, 0.3) is 5.70 Å². The number of rotatable bonds is 4. The summed E-state index contributed by atoms with van der Waals surface area (Å²) in [6, 6.07) is 0.000542. The number of methoxy groups -OCH3 is 2. The van der Waals surface area contributed by atoms with E-state index in [1.807, 2.05) is 0 Å². The summed E-state index contributed by atoms with van der Waals surface area (Å²) in [5, 5.41) is 3.25. The molecule has 1 aromatic rings. The first-order chi connectivity index (χ1) is 13.0. The smallest absolute Gasteiger partial charge is 0.355 e. The van der Waals surface area contributed by atoms with Crippen molar-refractivity contribution in [3.05, 3.63) is 26.6 Å². The molecule has 9 nitrogen and oxygen atoms in total. The summed E-state index contributed by atoms with van der Waals surface area (Å²) < 4.78 is 16.8. The Morgan fingerprint density at radius 3 is 2.52 bits per heavy atom. The molecule has 0 saturated heterocycles. The van der Waals surface area contributed by atoms with E-state index in [-0.39, 0.29) is 27.8 Å². The minimum atomic E-state index is -0.984. The predicted molar refractivity (Wildman–Crippen MR) is 97.9 cm³/mol. The van der Waals surface area contributed by atoms with Crippen molar-refractivity contribution >= 4 is 33.6 Å². The average molecular weight is 442 g/mol. The van der Waals surface area contributed by atoms with Crippen molar-refractivity contribution in [1.82, 2.24) is 14.9 Å². The molecule has 1 aliphatic carbocycles. The second kappa shape index (κ2) is 8.22. The van der Waals surface area contributed by atoms with Crippen LogP contribution in [0.5, 0.6) is 6.01 Å². The first-order valence-electron chi connectivity index (χ1n) is 8.59. The van der Waals surface area contributed by atoms with Crippen LogP contribution in [-0.4, -0.2) is 48.0 Å². The van der Waals surface area contributed by atoms with Gasteiger partial charge in [-0.25, -0.2) is 9.59 Å². The number of hydrogen-bond donors (Lipinski definition) is 1. The quantitative estimate of drug-likeness (QED) is 0.694. The monoisotopic (exact) mass is 441 g/mol. The van der Waals surface area contributed by atoms with Crippen LogP contribution in [0.15, 0.2) is 21.0 Å². The maximum absolute atomic E-state index is 12.5. The van der Waals surface area contributed by atoms with E-state index in [1.165, 1.54) is 25.0 Å². The number of esters is 2. The molecule has 1 saturated carbocycles. The molecule has 1 aliphatic heterocycles. The average Bonchev–Trinajstić information content (AvgIpc) is 2.68. The number of ether oxygens (including phenoxy) is 3. The SMILES string of the molecule is COC(=O)C1=C(C(=O)OC)n2cc(Br)c(=O)nc2OC1NC1CCCCC1. The molecular formula is C17H20BrN3O6. The number of nitrogens with zero attached hydrogens (tertiary/aromatic N) is 2. The molecule has 1 unspecified atom stereocenters. The summed E-state index contributed by atoms with van der Waals surface area (Å²) in [4.78, 5) is 40.7. The molecule has 2 aliphatic rings. The van der Waals surface area contributed by atoms with Crippen LogP contribution in [0.1, 0.15) is 32.1 Å². The molecule has 1 N–H and O–H groups in total. The van der Waals surface area contributed by atoms with Gasteiger partial charge in [-0.15, -0.1) is 0 Å². The molecule has 2 heterocycles. The van der Waals surface area contributed by atoms with Crippen LogP contribution >= 0.6 is 15.9 Å². The van der Waals surface area contributed by atoms with Gasteiger partial charge in [0.05, 0.1) is 14.2 Å². The van der Waals surface area contributed by atoms with Gasteiger partial charge in [-0.3, -0.25) is 14.7 Å². The van der Waals surface area contributed by atoms with Gasteiger partial charge in [0.2, 0.25) is 0 Å². The van der Waals surface area contributed by atoms with Gasteiger partial charge in [0.25, 0.3) is 5.56 Å². The Morgan fingerprint density at radius 2 is 1.89 bits per heavy atom. The van der Waals surface area contributed by atoms with Crippen molar-refractivity contribution < 1.29 is 23.8 Å². The highest BCUT2D eigenvalue weighted by Gasteiger charge is 2.39. The summed E-state index contributed by atoms with van der Waals surface area (Å²) in [5.74, 6) is -1.50. The minimum absolute atomic E-state index is 0.0280. The first-order valence-corrected chi connectivity index (χ1v) is 9.38. The fraction of sp³-hybridized carbons (Fsp3) is 0.529. The standard InChI is InChI=1S/C17H20BrN3O6/c1-25-15(23)11-12(16(24)26-2)21-8-10(18)13(22)20-17(21)27-14(11)19-9-6-4-3-5-7-9/h8-9,14,19H,3-7H2,1-2H3. The number of hydrogen-bond acceptors (Lipinski definition) is 8. The minimum Gasteiger partial charge on any atom is -0.465 e. The summed E-state index contributed by atoms with van der Waals surface area (Å²) >= 11 is 3.08. The number of halogens is 1. The zero-order valence-electron chi connectivity index (χ0n) is 15.0. The van der Waals surface area contributed by atoms with Crippen molar-refractivity contribution in [2.45, 2.75) is 44.4 Å². The van der Waals surface area contributed by atoms with E-state index in [1.54, 1.807) is 0 Å². The van der Waals surface area contributed by atoms with Gasteiger partial charge < -0.3 is 14.2 Å². The molecular weight excluding hydrogens is 422 g/mol. The van der Waals surface area contributed by atoms with E-state index < -0.39 is 23.7 Å². The summed E-state index contributed by atoms with van der Waals surface area (Å²) in [5.41, 5.74) is -0.685. The normalized spacial score (nSPS) is 19.9. The van der Waals surface area contributed by atoms with Gasteiger partial charge in [0.15, 0.2) is 11.9 Å². The van der Waals surface area contributed by atoms with E-state index in [0.29, 0.717) is 0 Å². The Kier molecular flexibility index (Phi) is 5.95. The second-order valence-corrected chi connectivity index (χ2v) is 7.15. The molecule has 0 radical (unpaired) electrons. The number of carbonyl (C=O) groups is 2. The van der Waals surface area contributed by atoms with Gasteiger partial charge in [-0.1, -0.05) is 19.3 Å². The second-order valence-electron chi connectivity index (χ2n) is 6.29. The molecule has 3 rings (SSSR count). The third-order valence-corrected chi connectivity index (χ3v) is 5.15. The van der Waals surface area contributed by atoms with Crippen molar-refractivity contribution in [3.8, 4) is 6.01 Å². The molecule has 0 spiro atoms. The van der Waals surface area contributed by atoms with E-state index >= 15 is 0 Å². The van der Waals surface area contributed by atoms with Crippen molar-refractivity contribution in [2.24, 2.45) is 0 Å². The fourth-order valence-electron chi connectivity index (χ4n) is 3.30. The topological polar surface area (TPSA) is 109 Å². The zero-order chi connectivity index (χ0) is 19.6. The molecule has 0 amide bonds. The molecule has 1 fully saturated rings. The van der Waals surface area contributed by atoms with Crippen molar-refractivity contribution in [1.29, 1.82) is 0 Å². The first kappa shape index (κ1) is 19.6. The van der Waals surface area contributed by atoms with Gasteiger partial charge >= 0.3 is 17.9 Å². The number of carbonyl (C=O) groups excluding carboxylic acids is 2. The van der Waals surface area contributed by atoms with Crippen LogP contribution in [0.4, 0.5) is 0 Å². The number of nitrogens with one attached hydrogen (secondary N) is 1. The predicted octanol–water partition coefficient (Wildman–Crippen LogP) is 1.20. The van der Waals surface area contributed by atoms with Gasteiger partial charge in [0.1, 0.15) is 10.0 Å². The molecule has 27 heavy (non-hydrogen) atoms. The van der Waals surface area contributed by atoms with Gasteiger partial charge in [-0.05, 0) is 28.8 Å². The van der Waals surface area contributed by atoms with Crippen LogP contribution in [0, 0.1) is 0 Å². The molecule has 10 heteroatoms. The van der Waals surface area contributed by atoms with Crippen LogP contribution in [0.2, 0.25) is 0 Å². The van der Waals surface area contributed by atoms with E-state index in [9.17, 15) is 14.4 Å². The maximum atomic E-state index is 12.5. The summed E-state index contributed by atoms with van der Waals surface area (Å²) in [6.07, 6.45) is 5.45. The molecule has 1 atom stereocenters. The van der Waals surface area contributed by atoms with Gasteiger partial charge in [0, 0.05) is 12.2 Å². The number of aromatic nitrogens is 2. The van der Waals surface area contributed by atoms with Crippen LogP contribution in [-0.2, 0) is 19.1 Å². The highest BCUT2D eigenvalue weighted by molar-refractivity contribution is 9.10. The van der Waals surface area contributed by atoms with Crippen molar-refractivity contribution in [2.75, 3.05) is 14.2 Å². The summed E-state index contributed by atoms with van der Waals surface area (Å²) in [7, 11) is 2.42. The van der Waals surface area contributed by atoms with Crippen LogP contribution < -0.4 is 15.6 Å². The Balaban J connectivity index is 2.13. The lowest BCUT2D eigenvalue weighted by molar-refractivity contribution is -0.139. The highest BCUT2D eigenvalue weighted by Crippen LogP contribution is 2.30. The lowest BCUT2D eigenvalue weighted by Crippen LogP contribution is -2.49. The maximum Gasteiger partial charge on any atom is 0.355 e. The molecule has 0 aromatic carbocycles. The van der Waals surface area contributed by atoms with E-state index in [0.717, 1.165) is 32.1 Å². The Bertz CT molecular complexity index is 844. The van der Waals surface area contributed by atoms with E-state index in [2.05, 4.69) is 26.2 Å². The van der Waals surface area contributed by atoms with Gasteiger partial charge in [-0.2, -0.15) is 4.98 Å². The van der Waals surface area contributed by atoms with E-state index in [4.69, 9.17) is 14.2 Å². The third-order valence-electron chi connectivity index (χ3n) is 4.61. The Morgan fingerprint density at radius 1 is 1.22 bits per heavy atom. The summed E-state index contributed by atoms with van der Waals surface area (Å²) in [6.45, 7) is 0. The molecule has 0 bridgehead atoms. The highest BCUT2D eigenvalue weighted by atomic mass is 79.9. The molecule has 1 aromatic heterocycles. The Hall–Kier alpha value is -2.20. The Labute approximate surface area is 163 Å². The molecule has 146 valence electrons. The fourth-order valence-corrected chi connectivity index (χ4v) is 3.59. The van der Waals surface area contributed by atoms with Crippen molar-refractivity contribution in [3.63, 3.8) is 0 Å². The third kappa shape index (κ3) is 3.91. The lowest BCUT2D eigenvalue weighted by Gasteiger charge is -2.33.